The van der Waals surface area contributed by atoms with Gasteiger partial charge < -0.3 is 10.0 Å². The third kappa shape index (κ3) is 2.45. The number of rotatable bonds is 4. The van der Waals surface area contributed by atoms with Crippen molar-refractivity contribution < 1.29 is 9.50 Å². The molecule has 0 bridgehead atoms. The Labute approximate surface area is 88.4 Å². The lowest BCUT2D eigenvalue weighted by Gasteiger charge is -2.23. The van der Waals surface area contributed by atoms with E-state index in [1.165, 1.54) is 6.07 Å². The molecule has 1 N–H and O–H groups in total. The fourth-order valence-corrected chi connectivity index (χ4v) is 1.46. The molecular weight excluding hydrogens is 195 g/mol. The van der Waals surface area contributed by atoms with Crippen molar-refractivity contribution >= 4 is 5.69 Å². The Kier molecular flexibility index (Phi) is 4.07. The molecule has 1 rings (SSSR count). The first-order valence-corrected chi connectivity index (χ1v) is 4.79. The fourth-order valence-electron chi connectivity index (χ4n) is 1.46. The molecule has 1 aromatic carbocycles. The third-order valence-corrected chi connectivity index (χ3v) is 2.20. The van der Waals surface area contributed by atoms with Crippen molar-refractivity contribution in [2.24, 2.45) is 0 Å². The van der Waals surface area contributed by atoms with E-state index in [0.717, 1.165) is 0 Å². The van der Waals surface area contributed by atoms with Crippen molar-refractivity contribution in [1.29, 1.82) is 5.26 Å². The SMILES string of the molecule is CCN(CCO)c1cccc(F)c1C#N. The van der Waals surface area contributed by atoms with Gasteiger partial charge in [-0.25, -0.2) is 4.39 Å². The Balaban J connectivity index is 3.12. The van der Waals surface area contributed by atoms with Gasteiger partial charge in [-0.05, 0) is 19.1 Å². The third-order valence-electron chi connectivity index (χ3n) is 2.20. The van der Waals surface area contributed by atoms with E-state index in [1.807, 2.05) is 13.0 Å². The maximum atomic E-state index is 13.3. The highest BCUT2D eigenvalue weighted by molar-refractivity contribution is 5.59. The summed E-state index contributed by atoms with van der Waals surface area (Å²) in [5.41, 5.74) is 0.571. The Bertz CT molecular complexity index is 373. The lowest BCUT2D eigenvalue weighted by Crippen LogP contribution is -2.27. The number of halogens is 1. The first-order chi connectivity index (χ1) is 7.24. The molecule has 0 saturated carbocycles. The standard InChI is InChI=1S/C11H13FN2O/c1-2-14(6-7-15)11-5-3-4-10(12)9(11)8-13/h3-5,15H,2,6-7H2,1H3. The molecular formula is C11H13FN2O. The minimum atomic E-state index is -0.522. The van der Waals surface area contributed by atoms with Crippen molar-refractivity contribution in [1.82, 2.24) is 0 Å². The maximum absolute atomic E-state index is 13.3. The zero-order valence-corrected chi connectivity index (χ0v) is 8.57. The largest absolute Gasteiger partial charge is 0.395 e. The van der Waals surface area contributed by atoms with E-state index in [9.17, 15) is 4.39 Å². The number of aliphatic hydroxyl groups excluding tert-OH is 1. The molecule has 0 spiro atoms. The number of anilines is 1. The number of likely N-dealkylation sites (N-methyl/N-ethyl adjacent to an activating group) is 1. The number of nitrogens with zero attached hydrogens (tertiary/aromatic N) is 2. The lowest BCUT2D eigenvalue weighted by atomic mass is 10.1. The topological polar surface area (TPSA) is 47.3 Å². The smallest absolute Gasteiger partial charge is 0.143 e. The van der Waals surface area contributed by atoms with Crippen LogP contribution in [0.25, 0.3) is 0 Å². The minimum Gasteiger partial charge on any atom is -0.395 e. The summed E-state index contributed by atoms with van der Waals surface area (Å²) in [5, 5.41) is 17.7. The molecule has 0 aliphatic heterocycles. The van der Waals surface area contributed by atoms with Crippen LogP contribution in [0.1, 0.15) is 12.5 Å². The normalized spacial score (nSPS) is 9.73. The molecule has 0 heterocycles. The first kappa shape index (κ1) is 11.5. The van der Waals surface area contributed by atoms with Crippen LogP contribution in [0.4, 0.5) is 10.1 Å². The van der Waals surface area contributed by atoms with Gasteiger partial charge in [-0.1, -0.05) is 6.07 Å². The molecule has 80 valence electrons. The van der Waals surface area contributed by atoms with E-state index in [2.05, 4.69) is 0 Å². The predicted molar refractivity (Wildman–Crippen MR) is 56.1 cm³/mol. The minimum absolute atomic E-state index is 0.0186. The van der Waals surface area contributed by atoms with Crippen LogP contribution in [-0.4, -0.2) is 24.8 Å². The maximum Gasteiger partial charge on any atom is 0.143 e. The summed E-state index contributed by atoms with van der Waals surface area (Å²) in [5.74, 6) is -0.522. The van der Waals surface area contributed by atoms with E-state index in [1.54, 1.807) is 17.0 Å². The van der Waals surface area contributed by atoms with Gasteiger partial charge in [0.1, 0.15) is 17.4 Å². The van der Waals surface area contributed by atoms with Gasteiger partial charge in [0.2, 0.25) is 0 Å². The molecule has 0 amide bonds. The van der Waals surface area contributed by atoms with Crippen LogP contribution in [0.2, 0.25) is 0 Å². The highest BCUT2D eigenvalue weighted by Gasteiger charge is 2.12. The molecule has 0 aliphatic rings. The summed E-state index contributed by atoms with van der Waals surface area (Å²) >= 11 is 0. The second kappa shape index (κ2) is 5.32. The van der Waals surface area contributed by atoms with E-state index in [4.69, 9.17) is 10.4 Å². The van der Waals surface area contributed by atoms with Gasteiger partial charge in [-0.3, -0.25) is 0 Å². The quantitative estimate of drug-likeness (QED) is 0.816. The average Bonchev–Trinajstić information content (AvgIpc) is 2.25. The molecule has 0 saturated heterocycles. The van der Waals surface area contributed by atoms with Crippen LogP contribution in [-0.2, 0) is 0 Å². The van der Waals surface area contributed by atoms with Crippen molar-refractivity contribution in [2.45, 2.75) is 6.92 Å². The van der Waals surface area contributed by atoms with Gasteiger partial charge in [0, 0.05) is 13.1 Å². The molecule has 4 heteroatoms. The van der Waals surface area contributed by atoms with Gasteiger partial charge in [0.05, 0.1) is 12.3 Å². The van der Waals surface area contributed by atoms with Gasteiger partial charge in [-0.2, -0.15) is 5.26 Å². The van der Waals surface area contributed by atoms with Crippen molar-refractivity contribution in [3.8, 4) is 6.07 Å². The van der Waals surface area contributed by atoms with Crippen LogP contribution < -0.4 is 4.90 Å². The number of hydrogen-bond acceptors (Lipinski definition) is 3. The zero-order chi connectivity index (χ0) is 11.3. The lowest BCUT2D eigenvalue weighted by molar-refractivity contribution is 0.302. The van der Waals surface area contributed by atoms with Crippen molar-refractivity contribution in [3.63, 3.8) is 0 Å². The number of benzene rings is 1. The highest BCUT2D eigenvalue weighted by atomic mass is 19.1. The summed E-state index contributed by atoms with van der Waals surface area (Å²) in [6, 6.07) is 6.34. The van der Waals surface area contributed by atoms with Crippen LogP contribution >= 0.6 is 0 Å². The molecule has 0 fully saturated rings. The molecule has 1 aromatic rings. The second-order valence-corrected chi connectivity index (χ2v) is 3.05. The molecule has 0 unspecified atom stereocenters. The highest BCUT2D eigenvalue weighted by Crippen LogP contribution is 2.21. The monoisotopic (exact) mass is 208 g/mol. The fraction of sp³-hybridized carbons (Fsp3) is 0.364. The van der Waals surface area contributed by atoms with Crippen LogP contribution in [0.3, 0.4) is 0 Å². The Morgan fingerprint density at radius 2 is 2.27 bits per heavy atom. The Morgan fingerprint density at radius 3 is 2.80 bits per heavy atom. The zero-order valence-electron chi connectivity index (χ0n) is 8.57. The van der Waals surface area contributed by atoms with Crippen LogP contribution in [0.15, 0.2) is 18.2 Å². The predicted octanol–water partition coefficient (Wildman–Crippen LogP) is 1.52. The first-order valence-electron chi connectivity index (χ1n) is 4.79. The molecule has 15 heavy (non-hydrogen) atoms. The molecule has 0 radical (unpaired) electrons. The van der Waals surface area contributed by atoms with Crippen molar-refractivity contribution in [3.05, 3.63) is 29.6 Å². The van der Waals surface area contributed by atoms with E-state index in [0.29, 0.717) is 18.8 Å². The molecule has 0 aliphatic carbocycles. The van der Waals surface area contributed by atoms with Gasteiger partial charge in [0.25, 0.3) is 0 Å². The van der Waals surface area contributed by atoms with E-state index >= 15 is 0 Å². The Morgan fingerprint density at radius 1 is 1.53 bits per heavy atom. The average molecular weight is 208 g/mol. The number of hydrogen-bond donors (Lipinski definition) is 1. The summed E-state index contributed by atoms with van der Waals surface area (Å²) in [6.07, 6.45) is 0. The summed E-state index contributed by atoms with van der Waals surface area (Å²) in [7, 11) is 0. The van der Waals surface area contributed by atoms with Gasteiger partial charge in [-0.15, -0.1) is 0 Å². The second-order valence-electron chi connectivity index (χ2n) is 3.05. The Hall–Kier alpha value is -1.60. The van der Waals surface area contributed by atoms with Crippen molar-refractivity contribution in [2.75, 3.05) is 24.6 Å². The van der Waals surface area contributed by atoms with E-state index < -0.39 is 5.82 Å². The molecule has 0 atom stereocenters. The molecule has 3 nitrogen and oxygen atoms in total. The van der Waals surface area contributed by atoms with Crippen LogP contribution in [0.5, 0.6) is 0 Å². The summed E-state index contributed by atoms with van der Waals surface area (Å²) < 4.78 is 13.3. The summed E-state index contributed by atoms with van der Waals surface area (Å²) in [4.78, 5) is 1.77. The van der Waals surface area contributed by atoms with Gasteiger partial charge >= 0.3 is 0 Å². The van der Waals surface area contributed by atoms with Gasteiger partial charge in [0.15, 0.2) is 0 Å². The number of nitriles is 1. The number of aliphatic hydroxyl groups is 1. The van der Waals surface area contributed by atoms with Crippen LogP contribution in [0, 0.1) is 17.1 Å². The molecule has 0 aromatic heterocycles. The van der Waals surface area contributed by atoms with E-state index in [-0.39, 0.29) is 12.2 Å². The summed E-state index contributed by atoms with van der Waals surface area (Å²) in [6.45, 7) is 2.89.